The van der Waals surface area contributed by atoms with Gasteiger partial charge in [-0.3, -0.25) is 4.99 Å². The first-order valence-electron chi connectivity index (χ1n) is 6.58. The predicted molar refractivity (Wildman–Crippen MR) is 93.2 cm³/mol. The van der Waals surface area contributed by atoms with Crippen molar-refractivity contribution in [3.05, 3.63) is 30.1 Å². The highest BCUT2D eigenvalue weighted by Gasteiger charge is 1.98. The minimum Gasteiger partial charge on any atom is -0.492 e. The van der Waals surface area contributed by atoms with E-state index in [1.54, 1.807) is 26.3 Å². The topological polar surface area (TPSA) is 54.9 Å². The summed E-state index contributed by atoms with van der Waals surface area (Å²) in [6.45, 7) is 2.52. The van der Waals surface area contributed by atoms with E-state index in [2.05, 4.69) is 15.6 Å². The van der Waals surface area contributed by atoms with E-state index in [-0.39, 0.29) is 29.8 Å². The van der Waals surface area contributed by atoms with E-state index in [9.17, 15) is 4.39 Å². The van der Waals surface area contributed by atoms with Crippen LogP contribution in [0.3, 0.4) is 0 Å². The van der Waals surface area contributed by atoms with E-state index in [1.165, 1.54) is 12.1 Å². The molecule has 21 heavy (non-hydrogen) atoms. The monoisotopic (exact) mass is 411 g/mol. The summed E-state index contributed by atoms with van der Waals surface area (Å²) in [6.07, 6.45) is 0.914. The number of guanidine groups is 1. The van der Waals surface area contributed by atoms with Gasteiger partial charge in [-0.2, -0.15) is 0 Å². The number of ether oxygens (including phenoxy) is 2. The SMILES string of the molecule is CN=C(NCCCOC)NCCOc1cccc(F)c1.I. The van der Waals surface area contributed by atoms with Gasteiger partial charge in [-0.25, -0.2) is 4.39 Å². The third-order valence-corrected chi connectivity index (χ3v) is 2.50. The molecule has 5 nitrogen and oxygen atoms in total. The number of aliphatic imine (C=N–C) groups is 1. The van der Waals surface area contributed by atoms with Gasteiger partial charge in [0.25, 0.3) is 0 Å². The van der Waals surface area contributed by atoms with Gasteiger partial charge in [0.05, 0.1) is 6.54 Å². The Morgan fingerprint density at radius 1 is 1.24 bits per heavy atom. The maximum atomic E-state index is 12.9. The van der Waals surface area contributed by atoms with E-state index in [0.717, 1.165) is 13.0 Å². The lowest BCUT2D eigenvalue weighted by atomic mass is 10.3. The summed E-state index contributed by atoms with van der Waals surface area (Å²) in [6, 6.07) is 6.09. The molecule has 0 saturated carbocycles. The van der Waals surface area contributed by atoms with Crippen LogP contribution in [0.1, 0.15) is 6.42 Å². The number of methoxy groups -OCH3 is 1. The maximum Gasteiger partial charge on any atom is 0.191 e. The van der Waals surface area contributed by atoms with Crippen molar-refractivity contribution in [2.75, 3.05) is 40.5 Å². The van der Waals surface area contributed by atoms with Gasteiger partial charge in [0.1, 0.15) is 18.2 Å². The molecule has 1 aromatic carbocycles. The fourth-order valence-electron chi connectivity index (χ4n) is 1.54. The van der Waals surface area contributed by atoms with Crippen molar-refractivity contribution in [1.29, 1.82) is 0 Å². The highest BCUT2D eigenvalue weighted by molar-refractivity contribution is 14.0. The smallest absolute Gasteiger partial charge is 0.191 e. The molecule has 1 aromatic rings. The number of nitrogens with one attached hydrogen (secondary N) is 2. The first-order chi connectivity index (χ1) is 9.76. The van der Waals surface area contributed by atoms with Crippen molar-refractivity contribution in [3.8, 4) is 5.75 Å². The molecule has 0 saturated heterocycles. The Morgan fingerprint density at radius 3 is 2.67 bits per heavy atom. The van der Waals surface area contributed by atoms with Crippen LogP contribution in [0, 0.1) is 5.82 Å². The third kappa shape index (κ3) is 9.46. The molecule has 0 aromatic heterocycles. The van der Waals surface area contributed by atoms with Crippen LogP contribution >= 0.6 is 24.0 Å². The van der Waals surface area contributed by atoms with Crippen molar-refractivity contribution in [2.45, 2.75) is 6.42 Å². The van der Waals surface area contributed by atoms with E-state index >= 15 is 0 Å². The van der Waals surface area contributed by atoms with Crippen LogP contribution in [0.4, 0.5) is 4.39 Å². The van der Waals surface area contributed by atoms with Gasteiger partial charge in [0.2, 0.25) is 0 Å². The number of hydrogen-bond donors (Lipinski definition) is 2. The van der Waals surface area contributed by atoms with Crippen molar-refractivity contribution < 1.29 is 13.9 Å². The first-order valence-corrected chi connectivity index (χ1v) is 6.58. The highest BCUT2D eigenvalue weighted by atomic mass is 127. The lowest BCUT2D eigenvalue weighted by Crippen LogP contribution is -2.39. The molecular weight excluding hydrogens is 388 g/mol. The van der Waals surface area contributed by atoms with Crippen LogP contribution in [0.5, 0.6) is 5.75 Å². The predicted octanol–water partition coefficient (Wildman–Crippen LogP) is 2.02. The zero-order valence-electron chi connectivity index (χ0n) is 12.4. The first kappa shape index (κ1) is 19.9. The Kier molecular flexibility index (Phi) is 12.0. The van der Waals surface area contributed by atoms with Gasteiger partial charge >= 0.3 is 0 Å². The summed E-state index contributed by atoms with van der Waals surface area (Å²) in [4.78, 5) is 4.08. The van der Waals surface area contributed by atoms with Gasteiger partial charge < -0.3 is 20.1 Å². The second kappa shape index (κ2) is 12.6. The molecule has 0 aliphatic rings. The van der Waals surface area contributed by atoms with Crippen molar-refractivity contribution >= 4 is 29.9 Å². The maximum absolute atomic E-state index is 12.9. The Bertz CT molecular complexity index is 419. The Balaban J connectivity index is 0.00000400. The molecule has 120 valence electrons. The van der Waals surface area contributed by atoms with Crippen LogP contribution in [0.15, 0.2) is 29.3 Å². The molecule has 0 amide bonds. The summed E-state index contributed by atoms with van der Waals surface area (Å²) in [5, 5.41) is 6.27. The summed E-state index contributed by atoms with van der Waals surface area (Å²) < 4.78 is 23.3. The van der Waals surface area contributed by atoms with Crippen molar-refractivity contribution in [2.24, 2.45) is 4.99 Å². The zero-order chi connectivity index (χ0) is 14.6. The number of nitrogens with zero attached hydrogens (tertiary/aromatic N) is 1. The standard InChI is InChI=1S/C14H22FN3O2.HI/c1-16-14(17-7-4-9-19-2)18-8-10-20-13-6-3-5-12(15)11-13;/h3,5-6,11H,4,7-10H2,1-2H3,(H2,16,17,18);1H. The van der Waals surface area contributed by atoms with E-state index in [0.29, 0.717) is 31.5 Å². The van der Waals surface area contributed by atoms with Crippen LogP contribution in [-0.4, -0.2) is 46.4 Å². The van der Waals surface area contributed by atoms with Crippen LogP contribution < -0.4 is 15.4 Å². The quantitative estimate of drug-likeness (QED) is 0.298. The summed E-state index contributed by atoms with van der Waals surface area (Å²) in [7, 11) is 3.38. The molecule has 7 heteroatoms. The van der Waals surface area contributed by atoms with Gasteiger partial charge in [0, 0.05) is 33.4 Å². The molecule has 2 N–H and O–H groups in total. The Labute approximate surface area is 142 Å². The second-order valence-electron chi connectivity index (χ2n) is 4.08. The molecule has 0 spiro atoms. The fourth-order valence-corrected chi connectivity index (χ4v) is 1.54. The number of halogens is 2. The van der Waals surface area contributed by atoms with E-state index in [1.807, 2.05) is 0 Å². The van der Waals surface area contributed by atoms with E-state index in [4.69, 9.17) is 9.47 Å². The lowest BCUT2D eigenvalue weighted by Gasteiger charge is -2.12. The minimum absolute atomic E-state index is 0. The summed E-state index contributed by atoms with van der Waals surface area (Å²) >= 11 is 0. The van der Waals surface area contributed by atoms with Gasteiger partial charge in [0.15, 0.2) is 5.96 Å². The van der Waals surface area contributed by atoms with Crippen molar-refractivity contribution in [3.63, 3.8) is 0 Å². The average molecular weight is 411 g/mol. The fraction of sp³-hybridized carbons (Fsp3) is 0.500. The van der Waals surface area contributed by atoms with Crippen LogP contribution in [0.25, 0.3) is 0 Å². The highest BCUT2D eigenvalue weighted by Crippen LogP contribution is 2.11. The van der Waals surface area contributed by atoms with E-state index < -0.39 is 0 Å². The minimum atomic E-state index is -0.300. The number of rotatable bonds is 8. The molecular formula is C14H23FIN3O2. The summed E-state index contributed by atoms with van der Waals surface area (Å²) in [5.41, 5.74) is 0. The molecule has 1 rings (SSSR count). The average Bonchev–Trinajstić information content (AvgIpc) is 2.46. The molecule has 0 fully saturated rings. The van der Waals surface area contributed by atoms with Crippen LogP contribution in [0.2, 0.25) is 0 Å². The largest absolute Gasteiger partial charge is 0.492 e. The van der Waals surface area contributed by atoms with Gasteiger partial charge in [-0.05, 0) is 18.6 Å². The summed E-state index contributed by atoms with van der Waals surface area (Å²) in [5.74, 6) is 0.935. The lowest BCUT2D eigenvalue weighted by molar-refractivity contribution is 0.195. The normalized spacial score (nSPS) is 10.7. The number of hydrogen-bond acceptors (Lipinski definition) is 3. The molecule has 0 atom stereocenters. The third-order valence-electron chi connectivity index (χ3n) is 2.50. The second-order valence-corrected chi connectivity index (χ2v) is 4.08. The Morgan fingerprint density at radius 2 is 2.00 bits per heavy atom. The molecule has 0 bridgehead atoms. The molecule has 0 aliphatic heterocycles. The van der Waals surface area contributed by atoms with Crippen molar-refractivity contribution in [1.82, 2.24) is 10.6 Å². The molecule has 0 radical (unpaired) electrons. The van der Waals surface area contributed by atoms with Gasteiger partial charge in [-0.15, -0.1) is 24.0 Å². The number of benzene rings is 1. The zero-order valence-corrected chi connectivity index (χ0v) is 14.7. The van der Waals surface area contributed by atoms with Crippen LogP contribution in [-0.2, 0) is 4.74 Å². The molecule has 0 aliphatic carbocycles. The van der Waals surface area contributed by atoms with Gasteiger partial charge in [-0.1, -0.05) is 6.07 Å². The Hall–Kier alpha value is -1.09. The molecule has 0 heterocycles. The molecule has 0 unspecified atom stereocenters.